The smallest absolute Gasteiger partial charge is 0.332 e. The summed E-state index contributed by atoms with van der Waals surface area (Å²) in [5, 5.41) is 6.79. The molecule has 9 nitrogen and oxygen atoms in total. The Morgan fingerprint density at radius 1 is 0.927 bits per heavy atom. The van der Waals surface area contributed by atoms with Gasteiger partial charge in [0.2, 0.25) is 11.8 Å². The van der Waals surface area contributed by atoms with E-state index in [9.17, 15) is 14.4 Å². The molecule has 0 bridgehead atoms. The second-order valence-electron chi connectivity index (χ2n) is 10.7. The van der Waals surface area contributed by atoms with Gasteiger partial charge in [0.05, 0.1) is 23.8 Å². The minimum atomic E-state index is -0.685. The number of anilines is 1. The molecular formula is C31H35ClN6O3. The number of hydrogen-bond donors (Lipinski definition) is 1. The molecule has 0 aliphatic carbocycles. The van der Waals surface area contributed by atoms with Gasteiger partial charge in [-0.1, -0.05) is 78.3 Å². The summed E-state index contributed by atoms with van der Waals surface area (Å²) in [6, 6.07) is 24.1. The molecule has 2 atom stereocenters. The van der Waals surface area contributed by atoms with E-state index < -0.39 is 12.2 Å². The van der Waals surface area contributed by atoms with Gasteiger partial charge in [-0.3, -0.25) is 14.6 Å². The largest absolute Gasteiger partial charge is 0.376 e. The zero-order chi connectivity index (χ0) is 29.1. The zero-order valence-corrected chi connectivity index (χ0v) is 24.3. The van der Waals surface area contributed by atoms with Crippen LogP contribution in [0.1, 0.15) is 16.7 Å². The Bertz CT molecular complexity index is 1400. The monoisotopic (exact) mass is 574 g/mol. The SMILES string of the molecule is CN(C)c1cc(CN2C[C@H]3N(C(=O)CN3N(C)C(=O)NCc3ccccc3)[C@@H](Cc3ccccc3)C2=O)ccc1Cl. The Hall–Kier alpha value is -4.08. The highest BCUT2D eigenvalue weighted by Gasteiger charge is 2.51. The lowest BCUT2D eigenvalue weighted by atomic mass is 10.00. The zero-order valence-electron chi connectivity index (χ0n) is 23.5. The third-order valence-electron chi connectivity index (χ3n) is 7.67. The Balaban J connectivity index is 1.40. The predicted octanol–water partition coefficient (Wildman–Crippen LogP) is 3.59. The summed E-state index contributed by atoms with van der Waals surface area (Å²) in [7, 11) is 5.50. The first-order valence-electron chi connectivity index (χ1n) is 13.6. The van der Waals surface area contributed by atoms with Gasteiger partial charge in [0.25, 0.3) is 0 Å². The summed E-state index contributed by atoms with van der Waals surface area (Å²) >= 11 is 6.40. The molecule has 2 saturated heterocycles. The van der Waals surface area contributed by atoms with Crippen molar-refractivity contribution in [1.29, 1.82) is 0 Å². The van der Waals surface area contributed by atoms with E-state index in [2.05, 4.69) is 5.32 Å². The van der Waals surface area contributed by atoms with Gasteiger partial charge in [0.15, 0.2) is 0 Å². The maximum atomic E-state index is 14.0. The lowest BCUT2D eigenvalue weighted by Crippen LogP contribution is -2.65. The number of piperazine rings is 1. The van der Waals surface area contributed by atoms with Crippen LogP contribution in [-0.2, 0) is 29.1 Å². The van der Waals surface area contributed by atoms with Crippen LogP contribution in [0.5, 0.6) is 0 Å². The van der Waals surface area contributed by atoms with E-state index in [1.165, 1.54) is 5.01 Å². The summed E-state index contributed by atoms with van der Waals surface area (Å²) < 4.78 is 0. The summed E-state index contributed by atoms with van der Waals surface area (Å²) in [6.45, 7) is 1.01. The standard InChI is InChI=1S/C31H35ClN6O3/c1-34(2)26-17-24(14-15-25(26)32)19-36-20-28-37(35(3)31(41)33-18-23-12-8-5-9-13-23)21-29(39)38(28)27(30(36)40)16-22-10-6-4-7-11-22/h4-15,17,27-28H,16,18-21H2,1-3H3,(H,33,41)/t27-,28+/m0/s1. The quantitative estimate of drug-likeness (QED) is 0.445. The van der Waals surface area contributed by atoms with Gasteiger partial charge in [-0.05, 0) is 28.8 Å². The van der Waals surface area contributed by atoms with Crippen LogP contribution in [0.2, 0.25) is 5.02 Å². The third kappa shape index (κ3) is 6.16. The molecule has 3 aromatic rings. The highest BCUT2D eigenvalue weighted by Crippen LogP contribution is 2.31. The molecule has 0 unspecified atom stereocenters. The molecule has 1 N–H and O–H groups in total. The maximum Gasteiger partial charge on any atom is 0.332 e. The average Bonchev–Trinajstić information content (AvgIpc) is 3.30. The lowest BCUT2D eigenvalue weighted by Gasteiger charge is -2.45. The second-order valence-corrected chi connectivity index (χ2v) is 11.1. The molecule has 2 fully saturated rings. The van der Waals surface area contributed by atoms with Gasteiger partial charge >= 0.3 is 6.03 Å². The van der Waals surface area contributed by atoms with Gasteiger partial charge in [-0.15, -0.1) is 0 Å². The molecule has 0 aromatic heterocycles. The highest BCUT2D eigenvalue weighted by atomic mass is 35.5. The molecule has 0 saturated carbocycles. The van der Waals surface area contributed by atoms with Crippen LogP contribution in [0, 0.1) is 0 Å². The topological polar surface area (TPSA) is 79.4 Å². The van der Waals surface area contributed by atoms with Crippen molar-refractivity contribution in [2.24, 2.45) is 0 Å². The number of halogens is 1. The van der Waals surface area contributed by atoms with Crippen LogP contribution in [0.15, 0.2) is 78.9 Å². The second kappa shape index (κ2) is 12.2. The molecule has 0 radical (unpaired) electrons. The number of nitrogens with one attached hydrogen (secondary N) is 1. The van der Waals surface area contributed by atoms with Crippen molar-refractivity contribution in [3.63, 3.8) is 0 Å². The van der Waals surface area contributed by atoms with Crippen LogP contribution < -0.4 is 10.2 Å². The van der Waals surface area contributed by atoms with Crippen molar-refractivity contribution in [3.05, 3.63) is 101 Å². The van der Waals surface area contributed by atoms with Crippen LogP contribution in [0.25, 0.3) is 0 Å². The summed E-state index contributed by atoms with van der Waals surface area (Å²) in [4.78, 5) is 46.0. The van der Waals surface area contributed by atoms with E-state index in [1.54, 1.807) is 21.9 Å². The molecule has 214 valence electrons. The van der Waals surface area contributed by atoms with Crippen LogP contribution in [0.3, 0.4) is 0 Å². The number of nitrogens with zero attached hydrogens (tertiary/aromatic N) is 5. The predicted molar refractivity (Wildman–Crippen MR) is 159 cm³/mol. The minimum Gasteiger partial charge on any atom is -0.376 e. The van der Waals surface area contributed by atoms with Crippen molar-refractivity contribution in [2.75, 3.05) is 39.1 Å². The van der Waals surface area contributed by atoms with E-state index >= 15 is 0 Å². The fourth-order valence-corrected chi connectivity index (χ4v) is 5.80. The molecule has 5 rings (SSSR count). The number of fused-ring (bicyclic) bond motifs is 1. The molecule has 10 heteroatoms. The number of carbonyl (C=O) groups is 3. The van der Waals surface area contributed by atoms with E-state index in [-0.39, 0.29) is 30.9 Å². The van der Waals surface area contributed by atoms with Crippen molar-refractivity contribution in [1.82, 2.24) is 25.1 Å². The first kappa shape index (κ1) is 28.4. The van der Waals surface area contributed by atoms with Crippen LogP contribution in [-0.4, -0.2) is 84.1 Å². The summed E-state index contributed by atoms with van der Waals surface area (Å²) in [5.74, 6) is -0.286. The molecule has 2 aliphatic heterocycles. The fraction of sp³-hybridized carbons (Fsp3) is 0.323. The van der Waals surface area contributed by atoms with Crippen molar-refractivity contribution < 1.29 is 14.4 Å². The molecule has 3 aromatic carbocycles. The molecule has 2 heterocycles. The van der Waals surface area contributed by atoms with Gasteiger partial charge in [0.1, 0.15) is 12.2 Å². The molecule has 0 spiro atoms. The van der Waals surface area contributed by atoms with Crippen molar-refractivity contribution >= 4 is 35.1 Å². The number of rotatable bonds is 8. The first-order valence-corrected chi connectivity index (χ1v) is 14.0. The van der Waals surface area contributed by atoms with Gasteiger partial charge < -0.3 is 20.0 Å². The van der Waals surface area contributed by atoms with Crippen molar-refractivity contribution in [3.8, 4) is 0 Å². The van der Waals surface area contributed by atoms with Crippen LogP contribution >= 0.6 is 11.6 Å². The Kier molecular flexibility index (Phi) is 8.46. The van der Waals surface area contributed by atoms with E-state index in [4.69, 9.17) is 11.6 Å². The molecule has 41 heavy (non-hydrogen) atoms. The maximum absolute atomic E-state index is 14.0. The van der Waals surface area contributed by atoms with Gasteiger partial charge in [-0.2, -0.15) is 5.01 Å². The Morgan fingerprint density at radius 3 is 2.24 bits per heavy atom. The fourth-order valence-electron chi connectivity index (χ4n) is 5.51. The first-order chi connectivity index (χ1) is 19.7. The third-order valence-corrected chi connectivity index (χ3v) is 7.99. The van der Waals surface area contributed by atoms with Crippen LogP contribution in [0.4, 0.5) is 10.5 Å². The Morgan fingerprint density at radius 2 is 1.59 bits per heavy atom. The summed E-state index contributed by atoms with van der Waals surface area (Å²) in [6.07, 6.45) is -0.0956. The number of hydrogen-bond acceptors (Lipinski definition) is 5. The van der Waals surface area contributed by atoms with Gasteiger partial charge in [0, 0.05) is 40.7 Å². The number of benzene rings is 3. The number of amides is 4. The highest BCUT2D eigenvalue weighted by molar-refractivity contribution is 6.33. The van der Waals surface area contributed by atoms with E-state index in [0.29, 0.717) is 24.5 Å². The average molecular weight is 575 g/mol. The molecule has 4 amide bonds. The van der Waals surface area contributed by atoms with Crippen molar-refractivity contribution in [2.45, 2.75) is 31.7 Å². The summed E-state index contributed by atoms with van der Waals surface area (Å²) in [5.41, 5.74) is 3.74. The van der Waals surface area contributed by atoms with E-state index in [1.807, 2.05) is 97.9 Å². The van der Waals surface area contributed by atoms with Gasteiger partial charge in [-0.25, -0.2) is 4.79 Å². The molecule has 2 aliphatic rings. The minimum absolute atomic E-state index is 0.0120. The number of urea groups is 1. The lowest BCUT2D eigenvalue weighted by molar-refractivity contribution is -0.157. The number of hydrazine groups is 1. The molecular weight excluding hydrogens is 540 g/mol. The Labute approximate surface area is 245 Å². The van der Waals surface area contributed by atoms with E-state index in [0.717, 1.165) is 22.4 Å². The number of carbonyl (C=O) groups excluding carboxylic acids is 3. The normalized spacial score (nSPS) is 18.8.